The molecule has 112 valence electrons. The van der Waals surface area contributed by atoms with Crippen LogP contribution in [0.3, 0.4) is 0 Å². The molecule has 2 aromatic carbocycles. The molecule has 2 nitrogen and oxygen atoms in total. The SMILES string of the molecule is CCNC(c1cc(Cl)ccc1I)c1cccc(OC)c1F. The third-order valence-electron chi connectivity index (χ3n) is 3.20. The minimum atomic E-state index is -0.346. The van der Waals surface area contributed by atoms with Crippen molar-refractivity contribution in [1.29, 1.82) is 0 Å². The first-order valence-electron chi connectivity index (χ1n) is 6.59. The summed E-state index contributed by atoms with van der Waals surface area (Å²) in [6.45, 7) is 2.70. The third-order valence-corrected chi connectivity index (χ3v) is 4.42. The van der Waals surface area contributed by atoms with Gasteiger partial charge in [0.15, 0.2) is 11.6 Å². The molecule has 0 saturated carbocycles. The molecule has 5 heteroatoms. The van der Waals surface area contributed by atoms with E-state index in [9.17, 15) is 4.39 Å². The Balaban J connectivity index is 2.56. The molecule has 0 aliphatic heterocycles. The molecule has 0 saturated heterocycles. The Morgan fingerprint density at radius 2 is 2.05 bits per heavy atom. The van der Waals surface area contributed by atoms with Crippen LogP contribution in [0.2, 0.25) is 5.02 Å². The first-order chi connectivity index (χ1) is 10.1. The molecule has 2 rings (SSSR count). The van der Waals surface area contributed by atoms with E-state index in [2.05, 4.69) is 27.9 Å². The highest BCUT2D eigenvalue weighted by atomic mass is 127. The van der Waals surface area contributed by atoms with E-state index in [-0.39, 0.29) is 17.6 Å². The molecule has 0 amide bonds. The Bertz CT molecular complexity index is 636. The van der Waals surface area contributed by atoms with E-state index in [4.69, 9.17) is 16.3 Å². The van der Waals surface area contributed by atoms with E-state index in [1.54, 1.807) is 18.2 Å². The molecular formula is C16H16ClFINO. The summed E-state index contributed by atoms with van der Waals surface area (Å²) in [6, 6.07) is 10.5. The number of halogens is 3. The second-order valence-corrected chi connectivity index (χ2v) is 6.12. The molecule has 0 bridgehead atoms. The normalized spacial score (nSPS) is 12.2. The van der Waals surface area contributed by atoms with E-state index in [1.165, 1.54) is 7.11 Å². The quantitative estimate of drug-likeness (QED) is 0.704. The van der Waals surface area contributed by atoms with Crippen molar-refractivity contribution < 1.29 is 9.13 Å². The summed E-state index contributed by atoms with van der Waals surface area (Å²) in [6.07, 6.45) is 0. The van der Waals surface area contributed by atoms with Gasteiger partial charge in [0.2, 0.25) is 0 Å². The molecule has 0 aliphatic rings. The van der Waals surface area contributed by atoms with E-state index in [1.807, 2.05) is 25.1 Å². The molecule has 0 radical (unpaired) electrons. The van der Waals surface area contributed by atoms with Gasteiger partial charge < -0.3 is 10.1 Å². The molecule has 0 fully saturated rings. The highest BCUT2D eigenvalue weighted by Crippen LogP contribution is 2.32. The highest BCUT2D eigenvalue weighted by molar-refractivity contribution is 14.1. The van der Waals surface area contributed by atoms with Crippen molar-refractivity contribution >= 4 is 34.2 Å². The molecule has 1 N–H and O–H groups in total. The van der Waals surface area contributed by atoms with Crippen molar-refractivity contribution in [3.63, 3.8) is 0 Å². The fourth-order valence-corrected chi connectivity index (χ4v) is 3.06. The molecule has 0 aromatic heterocycles. The monoisotopic (exact) mass is 419 g/mol. The van der Waals surface area contributed by atoms with Crippen molar-refractivity contribution in [3.05, 3.63) is 61.9 Å². The van der Waals surface area contributed by atoms with Crippen molar-refractivity contribution in [3.8, 4) is 5.75 Å². The van der Waals surface area contributed by atoms with Gasteiger partial charge in [-0.15, -0.1) is 0 Å². The van der Waals surface area contributed by atoms with Crippen LogP contribution < -0.4 is 10.1 Å². The molecule has 1 unspecified atom stereocenters. The number of hydrogen-bond acceptors (Lipinski definition) is 2. The number of rotatable bonds is 5. The van der Waals surface area contributed by atoms with Gasteiger partial charge in [0, 0.05) is 14.2 Å². The molecule has 0 aliphatic carbocycles. The average Bonchev–Trinajstić information content (AvgIpc) is 2.48. The molecular weight excluding hydrogens is 404 g/mol. The van der Waals surface area contributed by atoms with Gasteiger partial charge in [-0.1, -0.05) is 30.7 Å². The minimum absolute atomic E-state index is 0.243. The number of ether oxygens (including phenoxy) is 1. The molecule has 0 spiro atoms. The van der Waals surface area contributed by atoms with E-state index < -0.39 is 0 Å². The summed E-state index contributed by atoms with van der Waals surface area (Å²) >= 11 is 8.33. The first-order valence-corrected chi connectivity index (χ1v) is 8.04. The predicted octanol–water partition coefficient (Wildman–Crippen LogP) is 4.79. The lowest BCUT2D eigenvalue weighted by molar-refractivity contribution is 0.381. The predicted molar refractivity (Wildman–Crippen MR) is 92.6 cm³/mol. The summed E-state index contributed by atoms with van der Waals surface area (Å²) in [5.74, 6) is -0.103. The maximum Gasteiger partial charge on any atom is 0.170 e. The number of hydrogen-bond donors (Lipinski definition) is 1. The van der Waals surface area contributed by atoms with Crippen LogP contribution in [0.25, 0.3) is 0 Å². The van der Waals surface area contributed by atoms with E-state index >= 15 is 0 Å². The van der Waals surface area contributed by atoms with Gasteiger partial charge in [-0.2, -0.15) is 0 Å². The molecule has 0 heterocycles. The van der Waals surface area contributed by atoms with Crippen molar-refractivity contribution in [2.75, 3.05) is 13.7 Å². The summed E-state index contributed by atoms with van der Waals surface area (Å²) in [7, 11) is 1.47. The summed E-state index contributed by atoms with van der Waals surface area (Å²) in [5, 5.41) is 3.95. The Hall–Kier alpha value is -0.850. The largest absolute Gasteiger partial charge is 0.494 e. The van der Waals surface area contributed by atoms with Crippen LogP contribution >= 0.6 is 34.2 Å². The van der Waals surface area contributed by atoms with Crippen LogP contribution in [0.5, 0.6) is 5.75 Å². The first kappa shape index (κ1) is 16.5. The van der Waals surface area contributed by atoms with Crippen molar-refractivity contribution in [1.82, 2.24) is 5.32 Å². The van der Waals surface area contributed by atoms with Crippen LogP contribution in [0.15, 0.2) is 36.4 Å². The molecule has 2 aromatic rings. The second-order valence-electron chi connectivity index (χ2n) is 4.52. The Labute approximate surface area is 142 Å². The minimum Gasteiger partial charge on any atom is -0.494 e. The van der Waals surface area contributed by atoms with Crippen LogP contribution in [0, 0.1) is 9.39 Å². The van der Waals surface area contributed by atoms with Crippen LogP contribution in [-0.2, 0) is 0 Å². The van der Waals surface area contributed by atoms with Gasteiger partial charge in [-0.05, 0) is 59.0 Å². The van der Waals surface area contributed by atoms with Crippen LogP contribution in [-0.4, -0.2) is 13.7 Å². The molecule has 21 heavy (non-hydrogen) atoms. The van der Waals surface area contributed by atoms with Gasteiger partial charge >= 0.3 is 0 Å². The zero-order valence-electron chi connectivity index (χ0n) is 11.8. The van der Waals surface area contributed by atoms with Gasteiger partial charge in [0.05, 0.1) is 13.2 Å². The molecule has 1 atom stereocenters. The highest BCUT2D eigenvalue weighted by Gasteiger charge is 2.21. The van der Waals surface area contributed by atoms with Gasteiger partial charge in [0.1, 0.15) is 0 Å². The maximum absolute atomic E-state index is 14.6. The van der Waals surface area contributed by atoms with Gasteiger partial charge in [0.25, 0.3) is 0 Å². The third kappa shape index (κ3) is 3.67. The Kier molecular flexibility index (Phi) is 5.84. The van der Waals surface area contributed by atoms with E-state index in [0.717, 1.165) is 9.13 Å². The second kappa shape index (κ2) is 7.42. The lowest BCUT2D eigenvalue weighted by Gasteiger charge is -2.22. The number of nitrogens with one attached hydrogen (secondary N) is 1. The number of methoxy groups -OCH3 is 1. The zero-order valence-corrected chi connectivity index (χ0v) is 14.7. The zero-order chi connectivity index (χ0) is 15.4. The van der Waals surface area contributed by atoms with Crippen LogP contribution in [0.1, 0.15) is 24.1 Å². The topological polar surface area (TPSA) is 21.3 Å². The summed E-state index contributed by atoms with van der Waals surface area (Å²) in [4.78, 5) is 0. The fourth-order valence-electron chi connectivity index (χ4n) is 2.24. The number of benzene rings is 2. The van der Waals surface area contributed by atoms with E-state index in [0.29, 0.717) is 17.1 Å². The summed E-state index contributed by atoms with van der Waals surface area (Å²) < 4.78 is 20.7. The lowest BCUT2D eigenvalue weighted by atomic mass is 9.98. The maximum atomic E-state index is 14.6. The lowest BCUT2D eigenvalue weighted by Crippen LogP contribution is -2.24. The van der Waals surface area contributed by atoms with Crippen LogP contribution in [0.4, 0.5) is 4.39 Å². The van der Waals surface area contributed by atoms with Crippen molar-refractivity contribution in [2.24, 2.45) is 0 Å². The Morgan fingerprint density at radius 3 is 2.71 bits per heavy atom. The van der Waals surface area contributed by atoms with Gasteiger partial charge in [-0.3, -0.25) is 0 Å². The summed E-state index contributed by atoms with van der Waals surface area (Å²) in [5.41, 5.74) is 1.51. The smallest absolute Gasteiger partial charge is 0.170 e. The average molecular weight is 420 g/mol. The Morgan fingerprint density at radius 1 is 1.29 bits per heavy atom. The van der Waals surface area contributed by atoms with Crippen molar-refractivity contribution in [2.45, 2.75) is 13.0 Å². The van der Waals surface area contributed by atoms with Gasteiger partial charge in [-0.25, -0.2) is 4.39 Å². The fraction of sp³-hybridized carbons (Fsp3) is 0.250. The standard InChI is InChI=1S/C16H16ClFINO/c1-3-20-16(12-9-10(17)7-8-13(12)19)11-5-4-6-14(21-2)15(11)18/h4-9,16,20H,3H2,1-2H3.